The summed E-state index contributed by atoms with van der Waals surface area (Å²) in [6.07, 6.45) is 4.29. The number of carbonyl (C=O) groups is 1. The molecule has 3 unspecified atom stereocenters. The molecule has 2 N–H and O–H groups in total. The fraction of sp³-hybridized carbons (Fsp3) is 0.333. The minimum absolute atomic E-state index is 0.0486. The monoisotopic (exact) mass is 390 g/mol. The van der Waals surface area contributed by atoms with E-state index in [2.05, 4.69) is 9.74 Å². The second-order valence-corrected chi connectivity index (χ2v) is 7.74. The van der Waals surface area contributed by atoms with Gasteiger partial charge in [-0.25, -0.2) is 11.4 Å². The minimum atomic E-state index is -0.943. The zero-order valence-electron chi connectivity index (χ0n) is 16.7. The van der Waals surface area contributed by atoms with Gasteiger partial charge in [0.15, 0.2) is 0 Å². The number of anilines is 1. The SMILES string of the molecule is [C-]#[N+]C1CCN(c2ccc(C(O)C(C)C)cc2)C1/C=C/c1ccc(C(=O)O)cc1. The van der Waals surface area contributed by atoms with Gasteiger partial charge in [-0.2, -0.15) is 0 Å². The van der Waals surface area contributed by atoms with E-state index in [1.165, 1.54) is 0 Å². The van der Waals surface area contributed by atoms with Crippen molar-refractivity contribution in [3.63, 3.8) is 0 Å². The summed E-state index contributed by atoms with van der Waals surface area (Å²) in [6, 6.07) is 14.5. The van der Waals surface area contributed by atoms with Gasteiger partial charge in [0.2, 0.25) is 6.04 Å². The molecule has 0 aliphatic carbocycles. The Morgan fingerprint density at radius 3 is 2.38 bits per heavy atom. The van der Waals surface area contributed by atoms with Crippen LogP contribution in [-0.2, 0) is 0 Å². The van der Waals surface area contributed by atoms with Crippen molar-refractivity contribution in [1.29, 1.82) is 0 Å². The maximum absolute atomic E-state index is 11.0. The van der Waals surface area contributed by atoms with Gasteiger partial charge in [0, 0.05) is 18.7 Å². The summed E-state index contributed by atoms with van der Waals surface area (Å²) in [6.45, 7) is 12.3. The third-order valence-electron chi connectivity index (χ3n) is 5.43. The van der Waals surface area contributed by atoms with E-state index in [1.807, 2.05) is 50.3 Å². The van der Waals surface area contributed by atoms with Crippen LogP contribution >= 0.6 is 0 Å². The molecule has 1 heterocycles. The van der Waals surface area contributed by atoms with E-state index < -0.39 is 12.1 Å². The van der Waals surface area contributed by atoms with Crippen molar-refractivity contribution < 1.29 is 15.0 Å². The average Bonchev–Trinajstić information content (AvgIpc) is 3.15. The van der Waals surface area contributed by atoms with Gasteiger partial charge in [0.25, 0.3) is 0 Å². The standard InChI is InChI=1S/C24H26N2O3/c1-16(2)23(27)18-9-11-20(12-10-18)26-15-14-21(25-3)22(26)13-6-17-4-7-19(8-5-17)24(28)29/h4-13,16,21-23,27H,14-15H2,1-2H3,(H,28,29)/b13-6+. The normalized spacial score (nSPS) is 20.2. The predicted molar refractivity (Wildman–Crippen MR) is 115 cm³/mol. The summed E-state index contributed by atoms with van der Waals surface area (Å²) >= 11 is 0. The smallest absolute Gasteiger partial charge is 0.335 e. The Hall–Kier alpha value is -3.10. The van der Waals surface area contributed by atoms with E-state index in [9.17, 15) is 9.90 Å². The summed E-state index contributed by atoms with van der Waals surface area (Å²) in [5.74, 6) is -0.788. The fourth-order valence-corrected chi connectivity index (χ4v) is 3.67. The van der Waals surface area contributed by atoms with Crippen molar-refractivity contribution in [2.75, 3.05) is 11.4 Å². The van der Waals surface area contributed by atoms with Gasteiger partial charge in [-0.05, 0) is 41.3 Å². The number of benzene rings is 2. The highest BCUT2D eigenvalue weighted by Gasteiger charge is 2.37. The lowest BCUT2D eigenvalue weighted by Gasteiger charge is -2.24. The molecule has 29 heavy (non-hydrogen) atoms. The molecule has 150 valence electrons. The van der Waals surface area contributed by atoms with Gasteiger partial charge >= 0.3 is 5.97 Å². The van der Waals surface area contributed by atoms with E-state index in [1.54, 1.807) is 24.3 Å². The zero-order valence-corrected chi connectivity index (χ0v) is 16.7. The lowest BCUT2D eigenvalue weighted by molar-refractivity contribution is 0.0697. The predicted octanol–water partition coefficient (Wildman–Crippen LogP) is 4.65. The average molecular weight is 390 g/mol. The highest BCUT2D eigenvalue weighted by molar-refractivity contribution is 5.87. The number of nitrogens with zero attached hydrogens (tertiary/aromatic N) is 2. The van der Waals surface area contributed by atoms with Crippen molar-refractivity contribution in [1.82, 2.24) is 0 Å². The van der Waals surface area contributed by atoms with Gasteiger partial charge in [-0.1, -0.05) is 50.3 Å². The van der Waals surface area contributed by atoms with Crippen LogP contribution in [0, 0.1) is 12.5 Å². The second kappa shape index (κ2) is 8.93. The molecule has 1 fully saturated rings. The molecule has 5 nitrogen and oxygen atoms in total. The van der Waals surface area contributed by atoms with Gasteiger partial charge in [-0.3, -0.25) is 0 Å². The Bertz CT molecular complexity index is 911. The third kappa shape index (κ3) is 4.67. The molecule has 0 radical (unpaired) electrons. The maximum atomic E-state index is 11.0. The number of rotatable bonds is 6. The molecule has 2 aromatic carbocycles. The molecule has 1 saturated heterocycles. The molecule has 0 saturated carbocycles. The molecule has 3 atom stereocenters. The van der Waals surface area contributed by atoms with Crippen LogP contribution < -0.4 is 4.90 Å². The van der Waals surface area contributed by atoms with Crippen molar-refractivity contribution in [2.24, 2.45) is 5.92 Å². The van der Waals surface area contributed by atoms with E-state index in [4.69, 9.17) is 11.7 Å². The van der Waals surface area contributed by atoms with E-state index in [0.29, 0.717) is 0 Å². The fourth-order valence-electron chi connectivity index (χ4n) is 3.67. The van der Waals surface area contributed by atoms with E-state index in [-0.39, 0.29) is 23.6 Å². The summed E-state index contributed by atoms with van der Waals surface area (Å²) in [5.41, 5.74) is 3.09. The lowest BCUT2D eigenvalue weighted by atomic mass is 9.99. The van der Waals surface area contributed by atoms with Gasteiger partial charge in [0.05, 0.1) is 11.7 Å². The first-order valence-electron chi connectivity index (χ1n) is 9.83. The van der Waals surface area contributed by atoms with E-state index in [0.717, 1.165) is 29.8 Å². The Balaban J connectivity index is 1.80. The topological polar surface area (TPSA) is 65.1 Å². The molecule has 1 aliphatic heterocycles. The number of carboxylic acids is 1. The number of aliphatic hydroxyl groups excluding tert-OH is 1. The Labute approximate surface area is 171 Å². The number of hydrogen-bond acceptors (Lipinski definition) is 3. The number of aromatic carboxylic acids is 1. The number of carboxylic acid groups (broad SMARTS) is 1. The molecular weight excluding hydrogens is 364 g/mol. The molecule has 0 aromatic heterocycles. The minimum Gasteiger partial charge on any atom is -0.478 e. The van der Waals surface area contributed by atoms with Crippen LogP contribution in [0.3, 0.4) is 0 Å². The molecule has 0 spiro atoms. The Morgan fingerprint density at radius 1 is 1.17 bits per heavy atom. The largest absolute Gasteiger partial charge is 0.478 e. The highest BCUT2D eigenvalue weighted by Crippen LogP contribution is 2.31. The lowest BCUT2D eigenvalue weighted by Crippen LogP contribution is -2.32. The van der Waals surface area contributed by atoms with Crippen LogP contribution in [-0.4, -0.2) is 34.8 Å². The molecule has 3 rings (SSSR count). The summed E-state index contributed by atoms with van der Waals surface area (Å²) in [7, 11) is 0. The van der Waals surface area contributed by atoms with Crippen LogP contribution in [0.2, 0.25) is 0 Å². The van der Waals surface area contributed by atoms with Crippen molar-refractivity contribution in [3.8, 4) is 0 Å². The summed E-state index contributed by atoms with van der Waals surface area (Å²) in [4.78, 5) is 17.0. The highest BCUT2D eigenvalue weighted by atomic mass is 16.4. The summed E-state index contributed by atoms with van der Waals surface area (Å²) < 4.78 is 0. The van der Waals surface area contributed by atoms with E-state index >= 15 is 0 Å². The molecule has 1 aliphatic rings. The first-order valence-corrected chi connectivity index (χ1v) is 9.83. The van der Waals surface area contributed by atoms with Gasteiger partial charge in [-0.15, -0.1) is 0 Å². The van der Waals surface area contributed by atoms with Crippen LogP contribution in [0.1, 0.15) is 47.9 Å². The van der Waals surface area contributed by atoms with Crippen LogP contribution in [0.5, 0.6) is 0 Å². The molecule has 2 aromatic rings. The first-order chi connectivity index (χ1) is 13.9. The second-order valence-electron chi connectivity index (χ2n) is 7.74. The molecule has 5 heteroatoms. The zero-order chi connectivity index (χ0) is 21.0. The summed E-state index contributed by atoms with van der Waals surface area (Å²) in [5, 5.41) is 19.3. The van der Waals surface area contributed by atoms with Gasteiger partial charge in [0.1, 0.15) is 6.04 Å². The van der Waals surface area contributed by atoms with Crippen LogP contribution in [0.4, 0.5) is 5.69 Å². The van der Waals surface area contributed by atoms with Gasteiger partial charge < -0.3 is 20.0 Å². The van der Waals surface area contributed by atoms with Crippen LogP contribution in [0.15, 0.2) is 54.6 Å². The Kier molecular flexibility index (Phi) is 6.36. The maximum Gasteiger partial charge on any atom is 0.335 e. The molecule has 0 amide bonds. The Morgan fingerprint density at radius 2 is 1.83 bits per heavy atom. The molecule has 0 bridgehead atoms. The van der Waals surface area contributed by atoms with Crippen molar-refractivity contribution >= 4 is 17.7 Å². The van der Waals surface area contributed by atoms with Crippen molar-refractivity contribution in [3.05, 3.63) is 82.7 Å². The molecular formula is C24H26N2O3. The number of aliphatic hydroxyl groups is 1. The van der Waals surface area contributed by atoms with Crippen LogP contribution in [0.25, 0.3) is 10.9 Å². The quantitative estimate of drug-likeness (QED) is 0.705. The third-order valence-corrected chi connectivity index (χ3v) is 5.43. The number of hydrogen-bond donors (Lipinski definition) is 2. The van der Waals surface area contributed by atoms with Crippen molar-refractivity contribution in [2.45, 2.75) is 38.5 Å². The first kappa shape index (κ1) is 20.6.